The number of carboxylic acids is 2. The molecular formula is C10H17NO4. The minimum Gasteiger partial charge on any atom is -0.480 e. The maximum atomic E-state index is 10.8. The van der Waals surface area contributed by atoms with Crippen molar-refractivity contribution >= 4 is 11.9 Å². The lowest BCUT2D eigenvalue weighted by molar-refractivity contribution is -0.154. The molecule has 0 aromatic carbocycles. The van der Waals surface area contributed by atoms with Crippen LogP contribution in [0.2, 0.25) is 0 Å². The van der Waals surface area contributed by atoms with Gasteiger partial charge >= 0.3 is 11.9 Å². The average molecular weight is 215 g/mol. The Hall–Kier alpha value is -1.10. The van der Waals surface area contributed by atoms with Gasteiger partial charge in [0.05, 0.1) is 0 Å². The van der Waals surface area contributed by atoms with Crippen molar-refractivity contribution in [1.82, 2.24) is 5.32 Å². The van der Waals surface area contributed by atoms with Crippen LogP contribution in [-0.4, -0.2) is 34.2 Å². The Morgan fingerprint density at radius 3 is 1.80 bits per heavy atom. The Morgan fingerprint density at radius 2 is 1.53 bits per heavy atom. The molecule has 0 radical (unpaired) electrons. The van der Waals surface area contributed by atoms with Gasteiger partial charge in [-0.15, -0.1) is 0 Å². The molecule has 2 atom stereocenters. The van der Waals surface area contributed by atoms with E-state index >= 15 is 0 Å². The standard InChI is InChI=1S/C10H17NO4/c1-10(2,3)4-5-6(8(12)13)11-7(5)9(14)15/h5-7,11H,4H2,1-3H3,(H,12,13)(H,14,15). The summed E-state index contributed by atoms with van der Waals surface area (Å²) in [6.45, 7) is 5.93. The van der Waals surface area contributed by atoms with Crippen LogP contribution < -0.4 is 5.32 Å². The molecule has 1 rings (SSSR count). The summed E-state index contributed by atoms with van der Waals surface area (Å²) < 4.78 is 0. The molecule has 3 N–H and O–H groups in total. The fraction of sp³-hybridized carbons (Fsp3) is 0.800. The van der Waals surface area contributed by atoms with Gasteiger partial charge in [0.1, 0.15) is 12.1 Å². The molecule has 0 spiro atoms. The van der Waals surface area contributed by atoms with E-state index in [0.29, 0.717) is 6.42 Å². The number of rotatable bonds is 3. The molecule has 1 aliphatic heterocycles. The van der Waals surface area contributed by atoms with Crippen LogP contribution in [0.4, 0.5) is 0 Å². The van der Waals surface area contributed by atoms with Crippen LogP contribution in [0.15, 0.2) is 0 Å². The smallest absolute Gasteiger partial charge is 0.321 e. The van der Waals surface area contributed by atoms with E-state index in [2.05, 4.69) is 5.32 Å². The second-order valence-electron chi connectivity index (χ2n) is 5.23. The van der Waals surface area contributed by atoms with E-state index in [0.717, 1.165) is 0 Å². The van der Waals surface area contributed by atoms with Crippen molar-refractivity contribution < 1.29 is 19.8 Å². The normalized spacial score (nSPS) is 30.7. The van der Waals surface area contributed by atoms with Crippen LogP contribution in [0.25, 0.3) is 0 Å². The fourth-order valence-corrected chi connectivity index (χ4v) is 1.97. The summed E-state index contributed by atoms with van der Waals surface area (Å²) in [5, 5.41) is 20.2. The number of nitrogens with one attached hydrogen (secondary N) is 1. The molecule has 86 valence electrons. The Bertz CT molecular complexity index is 262. The molecule has 1 aliphatic rings. The molecule has 1 saturated heterocycles. The molecule has 5 heteroatoms. The van der Waals surface area contributed by atoms with Crippen molar-refractivity contribution in [3.8, 4) is 0 Å². The van der Waals surface area contributed by atoms with Crippen LogP contribution in [0.1, 0.15) is 27.2 Å². The highest BCUT2D eigenvalue weighted by atomic mass is 16.4. The Labute approximate surface area is 88.5 Å². The van der Waals surface area contributed by atoms with Gasteiger partial charge in [-0.3, -0.25) is 14.9 Å². The van der Waals surface area contributed by atoms with Gasteiger partial charge in [0.2, 0.25) is 0 Å². The number of carbonyl (C=O) groups is 2. The molecule has 0 aliphatic carbocycles. The maximum absolute atomic E-state index is 10.8. The predicted molar refractivity (Wildman–Crippen MR) is 53.5 cm³/mol. The predicted octanol–water partition coefficient (Wildman–Crippen LogP) is 0.548. The third-order valence-electron chi connectivity index (χ3n) is 2.60. The van der Waals surface area contributed by atoms with Crippen LogP contribution in [0.3, 0.4) is 0 Å². The van der Waals surface area contributed by atoms with E-state index < -0.39 is 24.0 Å². The third-order valence-corrected chi connectivity index (χ3v) is 2.60. The van der Waals surface area contributed by atoms with Crippen molar-refractivity contribution in [2.75, 3.05) is 0 Å². The lowest BCUT2D eigenvalue weighted by atomic mass is 9.72. The molecule has 0 aromatic rings. The van der Waals surface area contributed by atoms with Gasteiger partial charge in [-0.1, -0.05) is 20.8 Å². The topological polar surface area (TPSA) is 86.6 Å². The van der Waals surface area contributed by atoms with Gasteiger partial charge in [0.25, 0.3) is 0 Å². The van der Waals surface area contributed by atoms with Gasteiger partial charge < -0.3 is 10.2 Å². The van der Waals surface area contributed by atoms with Gasteiger partial charge in [0.15, 0.2) is 0 Å². The lowest BCUT2D eigenvalue weighted by Gasteiger charge is -2.43. The minimum atomic E-state index is -0.971. The second-order valence-corrected chi connectivity index (χ2v) is 5.23. The van der Waals surface area contributed by atoms with Gasteiger partial charge in [0, 0.05) is 5.92 Å². The van der Waals surface area contributed by atoms with Crippen molar-refractivity contribution in [2.24, 2.45) is 11.3 Å². The summed E-state index contributed by atoms with van der Waals surface area (Å²) in [5.74, 6) is -2.26. The zero-order valence-electron chi connectivity index (χ0n) is 9.15. The first kappa shape index (κ1) is 12.0. The summed E-state index contributed by atoms with van der Waals surface area (Å²) in [7, 11) is 0. The largest absolute Gasteiger partial charge is 0.480 e. The highest BCUT2D eigenvalue weighted by molar-refractivity contribution is 5.83. The summed E-state index contributed by atoms with van der Waals surface area (Å²) in [5.41, 5.74) is -0.0613. The van der Waals surface area contributed by atoms with E-state index in [-0.39, 0.29) is 11.3 Å². The molecule has 2 unspecified atom stereocenters. The Balaban J connectivity index is 2.69. The summed E-state index contributed by atoms with van der Waals surface area (Å²) in [4.78, 5) is 21.6. The molecule has 0 aromatic heterocycles. The molecule has 0 saturated carbocycles. The summed E-state index contributed by atoms with van der Waals surface area (Å²) in [6, 6.07) is -1.43. The Kier molecular flexibility index (Phi) is 3.04. The van der Waals surface area contributed by atoms with E-state index in [4.69, 9.17) is 10.2 Å². The molecule has 0 amide bonds. The zero-order valence-corrected chi connectivity index (χ0v) is 9.15. The fourth-order valence-electron chi connectivity index (χ4n) is 1.97. The highest BCUT2D eigenvalue weighted by Crippen LogP contribution is 2.34. The van der Waals surface area contributed by atoms with Gasteiger partial charge in [-0.05, 0) is 11.8 Å². The quantitative estimate of drug-likeness (QED) is 0.640. The number of carboxylic acid groups (broad SMARTS) is 2. The monoisotopic (exact) mass is 215 g/mol. The molecule has 1 heterocycles. The summed E-state index contributed by atoms with van der Waals surface area (Å²) in [6.07, 6.45) is 0.591. The average Bonchev–Trinajstić information content (AvgIpc) is 1.95. The first-order chi connectivity index (χ1) is 6.72. The number of aliphatic carboxylic acids is 2. The van der Waals surface area contributed by atoms with Crippen LogP contribution in [0, 0.1) is 11.3 Å². The molecule has 5 nitrogen and oxygen atoms in total. The SMILES string of the molecule is CC(C)(C)CC1C(C(=O)O)NC1C(=O)O. The van der Waals surface area contributed by atoms with Crippen molar-refractivity contribution in [3.05, 3.63) is 0 Å². The third kappa shape index (κ3) is 2.68. The molecule has 1 fully saturated rings. The first-order valence-corrected chi connectivity index (χ1v) is 4.94. The minimum absolute atomic E-state index is 0.0613. The van der Waals surface area contributed by atoms with Gasteiger partial charge in [-0.25, -0.2) is 0 Å². The van der Waals surface area contributed by atoms with Crippen molar-refractivity contribution in [1.29, 1.82) is 0 Å². The van der Waals surface area contributed by atoms with E-state index in [1.807, 2.05) is 20.8 Å². The summed E-state index contributed by atoms with van der Waals surface area (Å²) >= 11 is 0. The van der Waals surface area contributed by atoms with E-state index in [9.17, 15) is 9.59 Å². The second kappa shape index (κ2) is 3.81. The zero-order chi connectivity index (χ0) is 11.8. The molecule has 0 bridgehead atoms. The van der Waals surface area contributed by atoms with Crippen LogP contribution in [0.5, 0.6) is 0 Å². The van der Waals surface area contributed by atoms with E-state index in [1.54, 1.807) is 0 Å². The number of hydrogen-bond acceptors (Lipinski definition) is 3. The maximum Gasteiger partial charge on any atom is 0.321 e. The van der Waals surface area contributed by atoms with Crippen molar-refractivity contribution in [3.63, 3.8) is 0 Å². The molecular weight excluding hydrogens is 198 g/mol. The van der Waals surface area contributed by atoms with E-state index in [1.165, 1.54) is 0 Å². The molecule has 15 heavy (non-hydrogen) atoms. The lowest BCUT2D eigenvalue weighted by Crippen LogP contribution is -2.68. The van der Waals surface area contributed by atoms with Crippen LogP contribution in [-0.2, 0) is 9.59 Å². The van der Waals surface area contributed by atoms with Crippen LogP contribution >= 0.6 is 0 Å². The van der Waals surface area contributed by atoms with Gasteiger partial charge in [-0.2, -0.15) is 0 Å². The van der Waals surface area contributed by atoms with Crippen molar-refractivity contribution in [2.45, 2.75) is 39.3 Å². The number of hydrogen-bond donors (Lipinski definition) is 3. The Morgan fingerprint density at radius 1 is 1.13 bits per heavy atom. The first-order valence-electron chi connectivity index (χ1n) is 4.94. The highest BCUT2D eigenvalue weighted by Gasteiger charge is 2.49.